The van der Waals surface area contributed by atoms with Crippen molar-refractivity contribution in [3.8, 4) is 0 Å². The number of rotatable bonds is 4. The van der Waals surface area contributed by atoms with Gasteiger partial charge in [-0.15, -0.1) is 0 Å². The van der Waals surface area contributed by atoms with Crippen LogP contribution in [0.25, 0.3) is 0 Å². The lowest BCUT2D eigenvalue weighted by atomic mass is 10.1. The molecule has 146 valence electrons. The summed E-state index contributed by atoms with van der Waals surface area (Å²) in [5, 5.41) is 0. The molecule has 1 unspecified atom stereocenters. The Morgan fingerprint density at radius 3 is 2.07 bits per heavy atom. The number of nitrogens with two attached hydrogens (primary N) is 1. The Labute approximate surface area is 153 Å². The van der Waals surface area contributed by atoms with Crippen LogP contribution in [0.15, 0.2) is 46.3 Å². The predicted octanol–water partition coefficient (Wildman–Crippen LogP) is 5.18. The van der Waals surface area contributed by atoms with Crippen LogP contribution in [0.3, 0.4) is 0 Å². The molecule has 0 saturated heterocycles. The van der Waals surface area contributed by atoms with Gasteiger partial charge < -0.3 is 5.73 Å². The summed E-state index contributed by atoms with van der Waals surface area (Å²) < 4.78 is 88.6. The van der Waals surface area contributed by atoms with Crippen molar-refractivity contribution in [2.75, 3.05) is 11.5 Å². The van der Waals surface area contributed by atoms with Crippen LogP contribution < -0.4 is 5.73 Å². The van der Waals surface area contributed by atoms with Gasteiger partial charge in [-0.25, -0.2) is 0 Å². The summed E-state index contributed by atoms with van der Waals surface area (Å²) in [5.41, 5.74) is 3.66. The van der Waals surface area contributed by atoms with E-state index in [-0.39, 0.29) is 27.6 Å². The van der Waals surface area contributed by atoms with Crippen molar-refractivity contribution in [1.29, 1.82) is 0 Å². The zero-order valence-corrected chi connectivity index (χ0v) is 14.7. The Kier molecular flexibility index (Phi) is 5.98. The first-order valence-electron chi connectivity index (χ1n) is 7.54. The molecule has 0 aromatic heterocycles. The zero-order valence-electron chi connectivity index (χ0n) is 13.9. The van der Waals surface area contributed by atoms with Crippen molar-refractivity contribution in [2.45, 2.75) is 24.2 Å². The fraction of sp³-hybridized carbons (Fsp3) is 0.235. The van der Waals surface area contributed by atoms with Crippen LogP contribution in [0.5, 0.6) is 0 Å². The largest absolute Gasteiger partial charge is 0.416 e. The molecule has 0 aliphatic carbocycles. The number of halogens is 6. The lowest BCUT2D eigenvalue weighted by Crippen LogP contribution is -2.07. The van der Waals surface area contributed by atoms with Gasteiger partial charge in [0.2, 0.25) is 0 Å². The van der Waals surface area contributed by atoms with Gasteiger partial charge in [0.05, 0.1) is 32.5 Å². The minimum Gasteiger partial charge on any atom is -0.398 e. The number of nitrogen functional groups attached to an aromatic ring is 1. The third kappa shape index (κ3) is 5.09. The maximum absolute atomic E-state index is 12.9. The first-order chi connectivity index (χ1) is 12.4. The van der Waals surface area contributed by atoms with Gasteiger partial charge in [0.25, 0.3) is 0 Å². The topological polar surface area (TPSA) is 55.5 Å². The van der Waals surface area contributed by atoms with E-state index in [9.17, 15) is 30.6 Å². The van der Waals surface area contributed by atoms with Crippen LogP contribution in [-0.2, 0) is 23.2 Å². The summed E-state index contributed by atoms with van der Waals surface area (Å²) in [4.78, 5) is 3.86. The Balaban J connectivity index is 2.43. The predicted molar refractivity (Wildman–Crippen MR) is 91.5 cm³/mol. The third-order valence-corrected chi connectivity index (χ3v) is 4.89. The van der Waals surface area contributed by atoms with E-state index >= 15 is 0 Å². The van der Waals surface area contributed by atoms with Gasteiger partial charge in [-0.05, 0) is 30.3 Å². The molecule has 2 N–H and O–H groups in total. The SMILES string of the molecule is CCS(=O)c1cc(C(F)(F)F)ccc1N=Cc1ccc(C(F)(F)F)cc1N. The molecule has 0 bridgehead atoms. The van der Waals surface area contributed by atoms with Gasteiger partial charge in [-0.2, -0.15) is 26.3 Å². The number of alkyl halides is 6. The molecule has 1 atom stereocenters. The molecular formula is C17H14F6N2OS. The molecule has 0 heterocycles. The molecule has 2 rings (SSSR count). The highest BCUT2D eigenvalue weighted by atomic mass is 32.2. The Morgan fingerprint density at radius 1 is 1.00 bits per heavy atom. The lowest BCUT2D eigenvalue weighted by molar-refractivity contribution is -0.138. The summed E-state index contributed by atoms with van der Waals surface area (Å²) >= 11 is 0. The second kappa shape index (κ2) is 7.71. The van der Waals surface area contributed by atoms with Crippen LogP contribution in [0.4, 0.5) is 37.7 Å². The molecule has 3 nitrogen and oxygen atoms in total. The second-order valence-corrected chi connectivity index (χ2v) is 7.12. The van der Waals surface area contributed by atoms with E-state index in [1.54, 1.807) is 0 Å². The molecule has 2 aromatic carbocycles. The number of hydrogen-bond donors (Lipinski definition) is 1. The molecule has 27 heavy (non-hydrogen) atoms. The van der Waals surface area contributed by atoms with E-state index < -0.39 is 34.3 Å². The van der Waals surface area contributed by atoms with E-state index in [2.05, 4.69) is 4.99 Å². The van der Waals surface area contributed by atoms with E-state index in [0.717, 1.165) is 42.6 Å². The Hall–Kier alpha value is -2.36. The van der Waals surface area contributed by atoms with Crippen molar-refractivity contribution in [2.24, 2.45) is 4.99 Å². The van der Waals surface area contributed by atoms with Gasteiger partial charge in [0, 0.05) is 23.2 Å². The minimum absolute atomic E-state index is 0.0162. The van der Waals surface area contributed by atoms with Gasteiger partial charge in [0.15, 0.2) is 0 Å². The van der Waals surface area contributed by atoms with Crippen molar-refractivity contribution < 1.29 is 30.6 Å². The first kappa shape index (κ1) is 20.9. The third-order valence-electron chi connectivity index (χ3n) is 3.55. The van der Waals surface area contributed by atoms with Crippen molar-refractivity contribution in [3.05, 3.63) is 53.1 Å². The Morgan fingerprint density at radius 2 is 1.56 bits per heavy atom. The number of benzene rings is 2. The lowest BCUT2D eigenvalue weighted by Gasteiger charge is -2.11. The molecule has 0 saturated carbocycles. The normalized spacial score (nSPS) is 13.9. The highest BCUT2D eigenvalue weighted by molar-refractivity contribution is 7.85. The summed E-state index contributed by atoms with van der Waals surface area (Å²) in [5.74, 6) is 0.0756. The molecule has 0 fully saturated rings. The summed E-state index contributed by atoms with van der Waals surface area (Å²) in [6, 6.07) is 5.25. The maximum atomic E-state index is 12.9. The molecule has 0 radical (unpaired) electrons. The number of hydrogen-bond acceptors (Lipinski definition) is 3. The van der Waals surface area contributed by atoms with Gasteiger partial charge >= 0.3 is 12.4 Å². The molecule has 0 aliphatic heterocycles. The van der Waals surface area contributed by atoms with E-state index in [0.29, 0.717) is 0 Å². The minimum atomic E-state index is -4.60. The van der Waals surface area contributed by atoms with Crippen LogP contribution in [0.2, 0.25) is 0 Å². The second-order valence-electron chi connectivity index (χ2n) is 5.41. The van der Waals surface area contributed by atoms with Crippen molar-refractivity contribution in [1.82, 2.24) is 0 Å². The average molecular weight is 408 g/mol. The quantitative estimate of drug-likeness (QED) is 0.430. The van der Waals surface area contributed by atoms with E-state index in [4.69, 9.17) is 5.73 Å². The molecular weight excluding hydrogens is 394 g/mol. The molecule has 10 heteroatoms. The van der Waals surface area contributed by atoms with E-state index in [1.165, 1.54) is 6.92 Å². The van der Waals surface area contributed by atoms with Crippen LogP contribution in [0, 0.1) is 0 Å². The van der Waals surface area contributed by atoms with Crippen LogP contribution in [-0.4, -0.2) is 16.2 Å². The first-order valence-corrected chi connectivity index (χ1v) is 8.85. The fourth-order valence-corrected chi connectivity index (χ4v) is 3.07. The smallest absolute Gasteiger partial charge is 0.398 e. The monoisotopic (exact) mass is 408 g/mol. The summed E-state index contributed by atoms with van der Waals surface area (Å²) in [6.45, 7) is 1.54. The maximum Gasteiger partial charge on any atom is 0.416 e. The number of aliphatic imine (C=N–C) groups is 1. The molecule has 0 spiro atoms. The molecule has 0 amide bonds. The Bertz CT molecular complexity index is 890. The van der Waals surface area contributed by atoms with Crippen LogP contribution in [0.1, 0.15) is 23.6 Å². The zero-order chi connectivity index (χ0) is 20.4. The van der Waals surface area contributed by atoms with Crippen molar-refractivity contribution >= 4 is 28.4 Å². The number of anilines is 1. The average Bonchev–Trinajstić information content (AvgIpc) is 2.58. The number of nitrogens with zero attached hydrogens (tertiary/aromatic N) is 1. The van der Waals surface area contributed by atoms with Gasteiger partial charge in [-0.1, -0.05) is 13.0 Å². The standard InChI is InChI=1S/C17H14F6N2OS/c1-2-27(26)15-8-12(17(21,22)23)5-6-14(15)25-9-10-3-4-11(7-13(10)24)16(18,19)20/h3-9H,2,24H2,1H3. The molecule has 2 aromatic rings. The highest BCUT2D eigenvalue weighted by Gasteiger charge is 2.32. The van der Waals surface area contributed by atoms with Gasteiger partial charge in [0.1, 0.15) is 0 Å². The fourth-order valence-electron chi connectivity index (χ4n) is 2.14. The molecule has 0 aliphatic rings. The van der Waals surface area contributed by atoms with E-state index in [1.807, 2.05) is 0 Å². The summed E-state index contributed by atoms with van der Waals surface area (Å²) in [7, 11) is -1.72. The van der Waals surface area contributed by atoms with Crippen molar-refractivity contribution in [3.63, 3.8) is 0 Å². The summed E-state index contributed by atoms with van der Waals surface area (Å²) in [6.07, 6.45) is -8.04. The highest BCUT2D eigenvalue weighted by Crippen LogP contribution is 2.34. The van der Waals surface area contributed by atoms with Crippen LogP contribution >= 0.6 is 0 Å². The van der Waals surface area contributed by atoms with Gasteiger partial charge in [-0.3, -0.25) is 9.20 Å².